The maximum absolute atomic E-state index is 12.6. The van der Waals surface area contributed by atoms with Crippen LogP contribution in [0.25, 0.3) is 0 Å². The van der Waals surface area contributed by atoms with Gasteiger partial charge in [0.05, 0.1) is 13.7 Å². The van der Waals surface area contributed by atoms with Crippen molar-refractivity contribution in [3.63, 3.8) is 0 Å². The predicted molar refractivity (Wildman–Crippen MR) is 121 cm³/mol. The highest BCUT2D eigenvalue weighted by atomic mass is 16.5. The van der Waals surface area contributed by atoms with Crippen LogP contribution in [0.5, 0.6) is 5.75 Å². The second-order valence-corrected chi connectivity index (χ2v) is 7.41. The Morgan fingerprint density at radius 3 is 2.47 bits per heavy atom. The summed E-state index contributed by atoms with van der Waals surface area (Å²) in [5, 5.41) is 6.62. The summed E-state index contributed by atoms with van der Waals surface area (Å²) < 4.78 is 5.41. The van der Waals surface area contributed by atoms with Gasteiger partial charge in [-0.05, 0) is 49.9 Å². The van der Waals surface area contributed by atoms with E-state index in [4.69, 9.17) is 4.74 Å². The first-order valence-corrected chi connectivity index (χ1v) is 10.7. The molecule has 6 nitrogen and oxygen atoms in total. The van der Waals surface area contributed by atoms with E-state index in [2.05, 4.69) is 15.6 Å². The third-order valence-electron chi connectivity index (χ3n) is 5.25. The minimum Gasteiger partial charge on any atom is -0.496 e. The molecule has 160 valence electrons. The molecule has 1 fully saturated rings. The highest BCUT2D eigenvalue weighted by Crippen LogP contribution is 2.17. The predicted octanol–water partition coefficient (Wildman–Crippen LogP) is 3.58. The maximum atomic E-state index is 12.6. The van der Waals surface area contributed by atoms with E-state index in [1.807, 2.05) is 60.4 Å². The fourth-order valence-corrected chi connectivity index (χ4v) is 3.57. The van der Waals surface area contributed by atoms with Gasteiger partial charge < -0.3 is 20.3 Å². The Labute approximate surface area is 179 Å². The lowest BCUT2D eigenvalue weighted by Gasteiger charge is -2.26. The molecule has 6 heteroatoms. The molecule has 0 saturated carbocycles. The molecule has 1 saturated heterocycles. The van der Waals surface area contributed by atoms with Gasteiger partial charge in [0.25, 0.3) is 5.91 Å². The van der Waals surface area contributed by atoms with Crippen molar-refractivity contribution < 1.29 is 9.53 Å². The largest absolute Gasteiger partial charge is 0.496 e. The Hall–Kier alpha value is -3.02. The number of likely N-dealkylation sites (tertiary alicyclic amines) is 1. The van der Waals surface area contributed by atoms with Gasteiger partial charge in [0, 0.05) is 37.3 Å². The summed E-state index contributed by atoms with van der Waals surface area (Å²) in [5.41, 5.74) is 2.90. The quantitative estimate of drug-likeness (QED) is 0.543. The zero-order valence-corrected chi connectivity index (χ0v) is 18.0. The van der Waals surface area contributed by atoms with Gasteiger partial charge in [0.2, 0.25) is 0 Å². The molecule has 2 aromatic rings. The van der Waals surface area contributed by atoms with Crippen molar-refractivity contribution in [1.82, 2.24) is 15.5 Å². The molecule has 3 rings (SSSR count). The van der Waals surface area contributed by atoms with E-state index in [9.17, 15) is 4.79 Å². The average Bonchev–Trinajstić information content (AvgIpc) is 2.81. The highest BCUT2D eigenvalue weighted by molar-refractivity contribution is 5.94. The smallest absolute Gasteiger partial charge is 0.253 e. The Morgan fingerprint density at radius 2 is 1.77 bits per heavy atom. The number of benzene rings is 2. The van der Waals surface area contributed by atoms with E-state index in [-0.39, 0.29) is 5.91 Å². The summed E-state index contributed by atoms with van der Waals surface area (Å²) in [6, 6.07) is 15.8. The molecule has 0 spiro atoms. The first-order valence-electron chi connectivity index (χ1n) is 10.7. The number of nitrogens with zero attached hydrogens (tertiary/aromatic N) is 2. The standard InChI is InChI=1S/C24H32N4O2/c1-3-25-24(27-18-21-9-5-6-10-22(21)30-2)26-17-19-11-13-20(14-12-19)23(29)28-15-7-4-8-16-28/h5-6,9-14H,3-4,7-8,15-18H2,1-2H3,(H2,25,26,27). The maximum Gasteiger partial charge on any atom is 0.253 e. The number of carbonyl (C=O) groups is 1. The van der Waals surface area contributed by atoms with Crippen molar-refractivity contribution in [2.75, 3.05) is 26.7 Å². The highest BCUT2D eigenvalue weighted by Gasteiger charge is 2.17. The van der Waals surface area contributed by atoms with Gasteiger partial charge in [0.15, 0.2) is 5.96 Å². The van der Waals surface area contributed by atoms with Crippen LogP contribution in [-0.4, -0.2) is 43.5 Å². The number of rotatable bonds is 7. The number of guanidine groups is 1. The van der Waals surface area contributed by atoms with Crippen LogP contribution in [0.3, 0.4) is 0 Å². The number of carbonyl (C=O) groups excluding carboxylic acids is 1. The molecular weight excluding hydrogens is 376 g/mol. The van der Waals surface area contributed by atoms with Crippen LogP contribution in [0.1, 0.15) is 47.7 Å². The number of amides is 1. The zero-order chi connectivity index (χ0) is 21.2. The minimum absolute atomic E-state index is 0.136. The first-order chi connectivity index (χ1) is 14.7. The molecule has 1 aliphatic rings. The molecule has 0 unspecified atom stereocenters. The summed E-state index contributed by atoms with van der Waals surface area (Å²) in [6.45, 7) is 5.73. The van der Waals surface area contributed by atoms with Crippen LogP contribution in [0.2, 0.25) is 0 Å². The normalized spacial score (nSPS) is 14.3. The monoisotopic (exact) mass is 408 g/mol. The summed E-state index contributed by atoms with van der Waals surface area (Å²) in [5.74, 6) is 1.74. The molecule has 0 radical (unpaired) electrons. The third-order valence-corrected chi connectivity index (χ3v) is 5.25. The molecule has 0 aromatic heterocycles. The number of hydrogen-bond acceptors (Lipinski definition) is 3. The lowest BCUT2D eigenvalue weighted by Crippen LogP contribution is -2.36. The summed E-state index contributed by atoms with van der Waals surface area (Å²) in [4.78, 5) is 19.2. The molecule has 0 bridgehead atoms. The van der Waals surface area contributed by atoms with Crippen molar-refractivity contribution in [2.24, 2.45) is 4.99 Å². The SMILES string of the molecule is CCNC(=NCc1ccc(C(=O)N2CCCCC2)cc1)NCc1ccccc1OC. The van der Waals surface area contributed by atoms with Crippen LogP contribution in [0.4, 0.5) is 0 Å². The van der Waals surface area contributed by atoms with Crippen LogP contribution in [0, 0.1) is 0 Å². The second-order valence-electron chi connectivity index (χ2n) is 7.41. The summed E-state index contributed by atoms with van der Waals surface area (Å²) >= 11 is 0. The number of para-hydroxylation sites is 1. The van der Waals surface area contributed by atoms with Crippen molar-refractivity contribution in [3.8, 4) is 5.75 Å². The van der Waals surface area contributed by atoms with Gasteiger partial charge in [-0.2, -0.15) is 0 Å². The van der Waals surface area contributed by atoms with E-state index in [0.717, 1.165) is 60.9 Å². The molecule has 2 N–H and O–H groups in total. The van der Waals surface area contributed by atoms with Gasteiger partial charge >= 0.3 is 0 Å². The molecular formula is C24H32N4O2. The molecule has 0 atom stereocenters. The number of methoxy groups -OCH3 is 1. The van der Waals surface area contributed by atoms with E-state index in [1.54, 1.807) is 7.11 Å². The lowest BCUT2D eigenvalue weighted by atomic mass is 10.1. The van der Waals surface area contributed by atoms with E-state index >= 15 is 0 Å². The fourth-order valence-electron chi connectivity index (χ4n) is 3.57. The first kappa shape index (κ1) is 21.7. The molecule has 1 amide bonds. The van der Waals surface area contributed by atoms with Crippen LogP contribution >= 0.6 is 0 Å². The third kappa shape index (κ3) is 5.99. The Balaban J connectivity index is 1.59. The van der Waals surface area contributed by atoms with Gasteiger partial charge in [-0.1, -0.05) is 30.3 Å². The van der Waals surface area contributed by atoms with E-state index in [0.29, 0.717) is 13.1 Å². The molecule has 1 aliphatic heterocycles. The van der Waals surface area contributed by atoms with Gasteiger partial charge in [-0.3, -0.25) is 4.79 Å². The molecule has 2 aromatic carbocycles. The Morgan fingerprint density at radius 1 is 1.03 bits per heavy atom. The molecule has 1 heterocycles. The van der Waals surface area contributed by atoms with E-state index in [1.165, 1.54) is 6.42 Å². The minimum atomic E-state index is 0.136. The fraction of sp³-hybridized carbons (Fsp3) is 0.417. The van der Waals surface area contributed by atoms with Gasteiger partial charge in [0.1, 0.15) is 5.75 Å². The number of hydrogen-bond donors (Lipinski definition) is 2. The average molecular weight is 409 g/mol. The summed E-state index contributed by atoms with van der Waals surface area (Å²) in [7, 11) is 1.68. The van der Waals surface area contributed by atoms with Crippen molar-refractivity contribution in [2.45, 2.75) is 39.3 Å². The van der Waals surface area contributed by atoms with Crippen molar-refractivity contribution in [3.05, 3.63) is 65.2 Å². The zero-order valence-electron chi connectivity index (χ0n) is 18.0. The lowest BCUT2D eigenvalue weighted by molar-refractivity contribution is 0.0724. The van der Waals surface area contributed by atoms with Crippen molar-refractivity contribution in [1.29, 1.82) is 0 Å². The Kier molecular flexibility index (Phi) is 8.12. The van der Waals surface area contributed by atoms with Crippen molar-refractivity contribution >= 4 is 11.9 Å². The van der Waals surface area contributed by atoms with Gasteiger partial charge in [-0.15, -0.1) is 0 Å². The molecule has 30 heavy (non-hydrogen) atoms. The van der Waals surface area contributed by atoms with Gasteiger partial charge in [-0.25, -0.2) is 4.99 Å². The topological polar surface area (TPSA) is 66.0 Å². The number of piperidine rings is 1. The number of aliphatic imine (C=N–C) groups is 1. The molecule has 0 aliphatic carbocycles. The van der Waals surface area contributed by atoms with Crippen LogP contribution in [-0.2, 0) is 13.1 Å². The second kappa shape index (κ2) is 11.2. The van der Waals surface area contributed by atoms with Crippen LogP contribution in [0.15, 0.2) is 53.5 Å². The Bertz CT molecular complexity index is 843. The van der Waals surface area contributed by atoms with Crippen LogP contribution < -0.4 is 15.4 Å². The number of nitrogens with one attached hydrogen (secondary N) is 2. The number of ether oxygens (including phenoxy) is 1. The van der Waals surface area contributed by atoms with E-state index < -0.39 is 0 Å². The summed E-state index contributed by atoms with van der Waals surface area (Å²) in [6.07, 6.45) is 3.43.